The molecule has 0 bridgehead atoms. The van der Waals surface area contributed by atoms with Gasteiger partial charge in [0.05, 0.1) is 0 Å². The molecule has 1 amide bonds. The third-order valence-corrected chi connectivity index (χ3v) is 7.22. The van der Waals surface area contributed by atoms with Crippen molar-refractivity contribution in [2.75, 3.05) is 39.3 Å². The Morgan fingerprint density at radius 1 is 1.00 bits per heavy atom. The van der Waals surface area contributed by atoms with Crippen molar-refractivity contribution >= 4 is 5.91 Å². The van der Waals surface area contributed by atoms with Crippen LogP contribution in [0.4, 0.5) is 8.78 Å². The number of unbranched alkanes of at least 4 members (excludes halogenated alkanes) is 1. The minimum Gasteiger partial charge on any atom is -0.369 e. The Labute approximate surface area is 209 Å². The maximum atomic E-state index is 13.4. The van der Waals surface area contributed by atoms with Crippen molar-refractivity contribution in [3.8, 4) is 0 Å². The van der Waals surface area contributed by atoms with Gasteiger partial charge in [0.15, 0.2) is 0 Å². The molecule has 35 heavy (non-hydrogen) atoms. The number of amides is 1. The van der Waals surface area contributed by atoms with Gasteiger partial charge in [0.1, 0.15) is 17.7 Å². The average Bonchev–Trinajstić information content (AvgIpc) is 2.85. The monoisotopic (exact) mass is 486 g/mol. The molecule has 0 saturated carbocycles. The zero-order chi connectivity index (χ0) is 25.2. The average molecular weight is 487 g/mol. The highest BCUT2D eigenvalue weighted by Crippen LogP contribution is 2.28. The van der Waals surface area contributed by atoms with Crippen LogP contribution in [-0.2, 0) is 9.53 Å². The van der Waals surface area contributed by atoms with E-state index in [2.05, 4.69) is 11.8 Å². The smallest absolute Gasteiger partial charge is 0.222 e. The van der Waals surface area contributed by atoms with Gasteiger partial charge < -0.3 is 14.5 Å². The molecular formula is C29H40F2N2O2. The summed E-state index contributed by atoms with van der Waals surface area (Å²) in [6.45, 7) is 11.6. The molecule has 3 rings (SSSR count). The summed E-state index contributed by atoms with van der Waals surface area (Å²) in [6, 6.07) is 12.6. The summed E-state index contributed by atoms with van der Waals surface area (Å²) in [5, 5.41) is 0. The highest BCUT2D eigenvalue weighted by molar-refractivity contribution is 5.76. The van der Waals surface area contributed by atoms with E-state index in [0.29, 0.717) is 24.9 Å². The van der Waals surface area contributed by atoms with E-state index >= 15 is 0 Å². The Morgan fingerprint density at radius 3 is 2.09 bits per heavy atom. The summed E-state index contributed by atoms with van der Waals surface area (Å²) in [4.78, 5) is 16.9. The first-order valence-electron chi connectivity index (χ1n) is 13.0. The molecule has 2 atom stereocenters. The fourth-order valence-corrected chi connectivity index (χ4v) is 5.02. The van der Waals surface area contributed by atoms with Gasteiger partial charge in [-0.1, -0.05) is 31.2 Å². The summed E-state index contributed by atoms with van der Waals surface area (Å²) in [5.41, 5.74) is 1.71. The van der Waals surface area contributed by atoms with Gasteiger partial charge in [0.2, 0.25) is 5.91 Å². The van der Waals surface area contributed by atoms with Gasteiger partial charge >= 0.3 is 0 Å². The number of likely N-dealkylation sites (tertiary alicyclic amines) is 1. The van der Waals surface area contributed by atoms with Crippen LogP contribution < -0.4 is 0 Å². The summed E-state index contributed by atoms with van der Waals surface area (Å²) in [7, 11) is 0. The first kappa shape index (κ1) is 27.3. The molecule has 1 fully saturated rings. The van der Waals surface area contributed by atoms with Crippen molar-refractivity contribution in [1.82, 2.24) is 9.80 Å². The van der Waals surface area contributed by atoms with Crippen LogP contribution in [0.15, 0.2) is 48.5 Å². The normalized spacial score (nSPS) is 18.7. The van der Waals surface area contributed by atoms with Crippen LogP contribution in [0, 0.1) is 23.5 Å². The summed E-state index contributed by atoms with van der Waals surface area (Å²) >= 11 is 0. The Bertz CT molecular complexity index is 854. The van der Waals surface area contributed by atoms with Crippen molar-refractivity contribution < 1.29 is 18.3 Å². The quantitative estimate of drug-likeness (QED) is 0.342. The lowest BCUT2D eigenvalue weighted by Crippen LogP contribution is -2.42. The van der Waals surface area contributed by atoms with Crippen LogP contribution in [0.3, 0.4) is 0 Å². The molecule has 1 aliphatic heterocycles. The van der Waals surface area contributed by atoms with Gasteiger partial charge in [-0.3, -0.25) is 4.79 Å². The fraction of sp³-hybridized carbons (Fsp3) is 0.552. The standard InChI is InChI=1S/C29H40F2N2O2/c1-4-33(5-2)28(34)20-25-16-18-32(21-22(25)3)17-6-7-19-35-29(23-8-12-26(30)13-9-23)24-10-14-27(31)15-11-24/h8-15,22,25,29H,4-7,16-21H2,1-3H3. The first-order valence-corrected chi connectivity index (χ1v) is 13.0. The largest absolute Gasteiger partial charge is 0.369 e. The van der Waals surface area contributed by atoms with Crippen LogP contribution in [0.2, 0.25) is 0 Å². The molecule has 0 radical (unpaired) electrons. The number of hydrogen-bond acceptors (Lipinski definition) is 3. The van der Waals surface area contributed by atoms with E-state index in [1.54, 1.807) is 24.3 Å². The molecule has 1 saturated heterocycles. The second-order valence-electron chi connectivity index (χ2n) is 9.66. The second kappa shape index (κ2) is 13.7. The maximum Gasteiger partial charge on any atom is 0.222 e. The predicted octanol–water partition coefficient (Wildman–Crippen LogP) is 6.07. The summed E-state index contributed by atoms with van der Waals surface area (Å²) in [5.74, 6) is 0.689. The van der Waals surface area contributed by atoms with Crippen molar-refractivity contribution in [3.63, 3.8) is 0 Å². The van der Waals surface area contributed by atoms with Gasteiger partial charge in [-0.05, 0) is 93.4 Å². The van der Waals surface area contributed by atoms with Gasteiger partial charge in [0.25, 0.3) is 0 Å². The van der Waals surface area contributed by atoms with E-state index in [1.807, 2.05) is 18.7 Å². The Hall–Kier alpha value is -2.31. The molecule has 0 aromatic heterocycles. The van der Waals surface area contributed by atoms with Crippen molar-refractivity contribution in [1.29, 1.82) is 0 Å². The number of nitrogens with zero attached hydrogens (tertiary/aromatic N) is 2. The van der Waals surface area contributed by atoms with Crippen molar-refractivity contribution in [2.45, 2.75) is 52.6 Å². The molecule has 1 aliphatic rings. The maximum absolute atomic E-state index is 13.4. The topological polar surface area (TPSA) is 32.8 Å². The molecule has 192 valence electrons. The molecule has 2 aromatic rings. The lowest BCUT2D eigenvalue weighted by Gasteiger charge is -2.37. The summed E-state index contributed by atoms with van der Waals surface area (Å²) < 4.78 is 33.0. The van der Waals surface area contributed by atoms with Crippen LogP contribution in [-0.4, -0.2) is 55.0 Å². The zero-order valence-electron chi connectivity index (χ0n) is 21.4. The number of carbonyl (C=O) groups excluding carboxylic acids is 1. The number of rotatable bonds is 12. The molecule has 0 N–H and O–H groups in total. The minimum atomic E-state index is -0.352. The lowest BCUT2D eigenvalue weighted by molar-refractivity contribution is -0.132. The molecular weight excluding hydrogens is 446 g/mol. The molecule has 4 nitrogen and oxygen atoms in total. The SMILES string of the molecule is CCN(CC)C(=O)CC1CCN(CCCCOC(c2ccc(F)cc2)c2ccc(F)cc2)CC1C. The van der Waals surface area contributed by atoms with Gasteiger partial charge in [-0.2, -0.15) is 0 Å². The second-order valence-corrected chi connectivity index (χ2v) is 9.66. The van der Waals surface area contributed by atoms with E-state index in [4.69, 9.17) is 4.74 Å². The van der Waals surface area contributed by atoms with E-state index in [9.17, 15) is 13.6 Å². The minimum absolute atomic E-state index is 0.286. The van der Waals surface area contributed by atoms with Gasteiger partial charge in [0, 0.05) is 32.7 Å². The van der Waals surface area contributed by atoms with E-state index < -0.39 is 0 Å². The molecule has 2 aromatic carbocycles. The zero-order valence-corrected chi connectivity index (χ0v) is 21.4. The number of halogens is 2. The van der Waals surface area contributed by atoms with Crippen LogP contribution in [0.25, 0.3) is 0 Å². The molecule has 0 aliphatic carbocycles. The third kappa shape index (κ3) is 8.11. The highest BCUT2D eigenvalue weighted by Gasteiger charge is 2.28. The van der Waals surface area contributed by atoms with E-state index in [0.717, 1.165) is 63.1 Å². The Balaban J connectivity index is 1.43. The molecule has 2 unspecified atom stereocenters. The Morgan fingerprint density at radius 2 is 1.57 bits per heavy atom. The van der Waals surface area contributed by atoms with Crippen molar-refractivity contribution in [2.24, 2.45) is 11.8 Å². The predicted molar refractivity (Wildman–Crippen MR) is 136 cm³/mol. The van der Waals surface area contributed by atoms with E-state index in [1.165, 1.54) is 24.3 Å². The number of piperidine rings is 1. The van der Waals surface area contributed by atoms with Crippen molar-refractivity contribution in [3.05, 3.63) is 71.3 Å². The molecule has 1 heterocycles. The molecule has 0 spiro atoms. The summed E-state index contributed by atoms with van der Waals surface area (Å²) in [6.07, 6.45) is 3.32. The highest BCUT2D eigenvalue weighted by atomic mass is 19.1. The van der Waals surface area contributed by atoms with Gasteiger partial charge in [-0.15, -0.1) is 0 Å². The van der Waals surface area contributed by atoms with E-state index in [-0.39, 0.29) is 23.6 Å². The van der Waals surface area contributed by atoms with Crippen LogP contribution >= 0.6 is 0 Å². The number of benzene rings is 2. The van der Waals surface area contributed by atoms with Crippen LogP contribution in [0.1, 0.15) is 63.7 Å². The number of ether oxygens (including phenoxy) is 1. The lowest BCUT2D eigenvalue weighted by atomic mass is 9.84. The van der Waals surface area contributed by atoms with Crippen LogP contribution in [0.5, 0.6) is 0 Å². The third-order valence-electron chi connectivity index (χ3n) is 7.22. The number of carbonyl (C=O) groups is 1. The molecule has 6 heteroatoms. The first-order chi connectivity index (χ1) is 16.9. The number of hydrogen-bond donors (Lipinski definition) is 0. The fourth-order valence-electron chi connectivity index (χ4n) is 5.02. The van der Waals surface area contributed by atoms with Gasteiger partial charge in [-0.25, -0.2) is 8.78 Å². The Kier molecular flexibility index (Phi) is 10.7.